The first-order valence-electron chi connectivity index (χ1n) is 12.0. The van der Waals surface area contributed by atoms with Crippen molar-refractivity contribution in [1.82, 2.24) is 10.3 Å². The van der Waals surface area contributed by atoms with Crippen molar-refractivity contribution in [3.8, 4) is 10.6 Å². The number of nitrogens with zero attached hydrogens (tertiary/aromatic N) is 1. The maximum atomic E-state index is 13.5. The van der Waals surface area contributed by atoms with Crippen molar-refractivity contribution in [1.29, 1.82) is 0 Å². The summed E-state index contributed by atoms with van der Waals surface area (Å²) >= 11 is 25.4. The second-order valence-corrected chi connectivity index (χ2v) is 12.0. The highest BCUT2D eigenvalue weighted by Crippen LogP contribution is 2.37. The average molecular weight is 630 g/mol. The second kappa shape index (κ2) is 12.3. The number of rotatable bonds is 7. The molecule has 3 aromatic rings. The zero-order valence-electron chi connectivity index (χ0n) is 20.6. The van der Waals surface area contributed by atoms with Gasteiger partial charge in [0.25, 0.3) is 5.91 Å². The number of benzene rings is 2. The predicted molar refractivity (Wildman–Crippen MR) is 157 cm³/mol. The van der Waals surface area contributed by atoms with Gasteiger partial charge in [0.05, 0.1) is 15.7 Å². The third kappa shape index (κ3) is 6.78. The number of halogens is 4. The van der Waals surface area contributed by atoms with E-state index in [1.165, 1.54) is 19.1 Å². The fourth-order valence-electron chi connectivity index (χ4n) is 4.49. The minimum atomic E-state index is -1.51. The largest absolute Gasteiger partial charge is 0.480 e. The van der Waals surface area contributed by atoms with E-state index in [-0.39, 0.29) is 32.3 Å². The van der Waals surface area contributed by atoms with E-state index in [0.717, 1.165) is 30.6 Å². The van der Waals surface area contributed by atoms with E-state index < -0.39 is 23.4 Å². The second-order valence-electron chi connectivity index (χ2n) is 9.32. The molecule has 1 aromatic heterocycles. The quantitative estimate of drug-likeness (QED) is 0.210. The highest BCUT2D eigenvalue weighted by molar-refractivity contribution is 7.19. The number of thiazole rings is 1. The molecular formula is C26H24Cl4N4O4S. The molecule has 1 heterocycles. The molecule has 1 aliphatic carbocycles. The van der Waals surface area contributed by atoms with Gasteiger partial charge in [0, 0.05) is 15.6 Å². The first-order chi connectivity index (χ1) is 18.5. The van der Waals surface area contributed by atoms with Gasteiger partial charge in [-0.05, 0) is 49.9 Å². The van der Waals surface area contributed by atoms with Crippen molar-refractivity contribution in [2.45, 2.75) is 44.6 Å². The molecule has 1 aliphatic rings. The summed E-state index contributed by atoms with van der Waals surface area (Å²) in [6.07, 6.45) is 4.19. The summed E-state index contributed by atoms with van der Waals surface area (Å²) in [6, 6.07) is 8.90. The van der Waals surface area contributed by atoms with E-state index in [2.05, 4.69) is 20.9 Å². The summed E-state index contributed by atoms with van der Waals surface area (Å²) in [6.45, 7) is 1.51. The highest BCUT2D eigenvalue weighted by atomic mass is 35.5. The van der Waals surface area contributed by atoms with Gasteiger partial charge in [0.15, 0.2) is 5.69 Å². The summed E-state index contributed by atoms with van der Waals surface area (Å²) in [5.74, 6) is -2.09. The number of urea groups is 1. The Bertz CT molecular complexity index is 1390. The molecule has 0 saturated heterocycles. The third-order valence-corrected chi connectivity index (χ3v) is 8.73. The smallest absolute Gasteiger partial charge is 0.329 e. The van der Waals surface area contributed by atoms with Crippen LogP contribution in [-0.4, -0.2) is 33.5 Å². The van der Waals surface area contributed by atoms with Crippen LogP contribution in [-0.2, 0) is 4.79 Å². The van der Waals surface area contributed by atoms with Crippen molar-refractivity contribution in [3.63, 3.8) is 0 Å². The molecule has 0 aliphatic heterocycles. The van der Waals surface area contributed by atoms with Gasteiger partial charge in [-0.1, -0.05) is 89.1 Å². The van der Waals surface area contributed by atoms with Gasteiger partial charge in [-0.15, -0.1) is 0 Å². The number of carboxylic acid groups (broad SMARTS) is 1. The molecule has 1 atom stereocenters. The molecule has 206 valence electrons. The van der Waals surface area contributed by atoms with E-state index in [1.54, 1.807) is 24.3 Å². The predicted octanol–water partition coefficient (Wildman–Crippen LogP) is 8.22. The van der Waals surface area contributed by atoms with Crippen LogP contribution in [0.25, 0.3) is 10.6 Å². The molecule has 2 aromatic carbocycles. The van der Waals surface area contributed by atoms with Crippen LogP contribution in [0.4, 0.5) is 15.5 Å². The van der Waals surface area contributed by atoms with E-state index in [9.17, 15) is 19.5 Å². The Morgan fingerprint density at radius 1 is 0.949 bits per heavy atom. The van der Waals surface area contributed by atoms with Crippen molar-refractivity contribution in [2.75, 3.05) is 10.6 Å². The first-order valence-corrected chi connectivity index (χ1v) is 14.4. The van der Waals surface area contributed by atoms with Gasteiger partial charge in [-0.3, -0.25) is 10.1 Å². The summed E-state index contributed by atoms with van der Waals surface area (Å²) in [7, 11) is 0. The fourth-order valence-corrected chi connectivity index (χ4v) is 6.49. The average Bonchev–Trinajstić information content (AvgIpc) is 3.30. The molecule has 39 heavy (non-hydrogen) atoms. The molecule has 8 nitrogen and oxygen atoms in total. The molecule has 1 saturated carbocycles. The summed E-state index contributed by atoms with van der Waals surface area (Å²) in [5, 5.41) is 19.5. The molecule has 0 spiro atoms. The number of anilines is 2. The van der Waals surface area contributed by atoms with Gasteiger partial charge in [-0.2, -0.15) is 0 Å². The number of aliphatic carboxylic acids is 1. The Labute approximate surface area is 249 Å². The maximum Gasteiger partial charge on any atom is 0.329 e. The van der Waals surface area contributed by atoms with Crippen molar-refractivity contribution >= 4 is 86.3 Å². The normalized spacial score (nSPS) is 15.3. The molecule has 13 heteroatoms. The molecule has 1 fully saturated rings. The fraction of sp³-hybridized carbons (Fsp3) is 0.308. The number of carboxylic acids is 1. The van der Waals surface area contributed by atoms with Crippen LogP contribution < -0.4 is 16.0 Å². The van der Waals surface area contributed by atoms with Crippen LogP contribution in [0.1, 0.15) is 49.5 Å². The Kier molecular flexibility index (Phi) is 9.29. The minimum Gasteiger partial charge on any atom is -0.480 e. The zero-order chi connectivity index (χ0) is 28.3. The third-order valence-electron chi connectivity index (χ3n) is 6.65. The summed E-state index contributed by atoms with van der Waals surface area (Å²) < 4.78 is 0. The Balaban J connectivity index is 1.65. The molecule has 3 amide bonds. The number of carbonyl (C=O) groups is 3. The number of hydrogen-bond acceptors (Lipinski definition) is 5. The van der Waals surface area contributed by atoms with Gasteiger partial charge in [0.1, 0.15) is 15.5 Å². The van der Waals surface area contributed by atoms with E-state index >= 15 is 0 Å². The monoisotopic (exact) mass is 628 g/mol. The molecule has 0 unspecified atom stereocenters. The van der Waals surface area contributed by atoms with Gasteiger partial charge in [0.2, 0.25) is 0 Å². The maximum absolute atomic E-state index is 13.5. The van der Waals surface area contributed by atoms with Crippen LogP contribution in [0.15, 0.2) is 36.4 Å². The number of hydrogen-bond donors (Lipinski definition) is 4. The van der Waals surface area contributed by atoms with Crippen molar-refractivity contribution in [2.24, 2.45) is 5.92 Å². The molecule has 0 bridgehead atoms. The highest BCUT2D eigenvalue weighted by Gasteiger charge is 2.44. The number of amides is 3. The lowest BCUT2D eigenvalue weighted by Gasteiger charge is -2.36. The van der Waals surface area contributed by atoms with Crippen molar-refractivity contribution in [3.05, 3.63) is 62.2 Å². The van der Waals surface area contributed by atoms with Crippen molar-refractivity contribution < 1.29 is 19.5 Å². The minimum absolute atomic E-state index is 0.104. The van der Waals surface area contributed by atoms with E-state index in [0.29, 0.717) is 33.5 Å². The first kappa shape index (κ1) is 29.4. The summed E-state index contributed by atoms with van der Waals surface area (Å²) in [5.41, 5.74) is -0.851. The van der Waals surface area contributed by atoms with Crippen LogP contribution in [0.2, 0.25) is 20.1 Å². The van der Waals surface area contributed by atoms with Crippen LogP contribution in [0.5, 0.6) is 0 Å². The Morgan fingerprint density at radius 3 is 2.15 bits per heavy atom. The zero-order valence-corrected chi connectivity index (χ0v) is 24.5. The molecule has 4 rings (SSSR count). The van der Waals surface area contributed by atoms with Crippen LogP contribution >= 0.6 is 57.7 Å². The van der Waals surface area contributed by atoms with Crippen LogP contribution in [0.3, 0.4) is 0 Å². The van der Waals surface area contributed by atoms with Crippen LogP contribution in [0, 0.1) is 5.92 Å². The number of nitrogens with one attached hydrogen (secondary N) is 3. The molecule has 4 N–H and O–H groups in total. The Morgan fingerprint density at radius 2 is 1.56 bits per heavy atom. The summed E-state index contributed by atoms with van der Waals surface area (Å²) in [4.78, 5) is 43.3. The number of carbonyl (C=O) groups excluding carboxylic acids is 2. The standard InChI is InChI=1S/C26H24Cl4N4O4S/c1-26(24(36)37,14-5-3-2-4-6-14)34-21(35)20-23(39-22(31-20)13-7-9-15(27)10-8-13)33-25(38)32-19-17(29)11-16(28)12-18(19)30/h7-12,14H,2-6H2,1H3,(H,34,35)(H,36,37)(H2,32,33,38)/t26-/m0/s1. The topological polar surface area (TPSA) is 120 Å². The molecule has 0 radical (unpaired) electrons. The lowest BCUT2D eigenvalue weighted by Crippen LogP contribution is -2.57. The lowest BCUT2D eigenvalue weighted by molar-refractivity contribution is -0.146. The Hall–Kier alpha value is -2.56. The van der Waals surface area contributed by atoms with Gasteiger partial charge >= 0.3 is 12.0 Å². The molecular weight excluding hydrogens is 606 g/mol. The lowest BCUT2D eigenvalue weighted by atomic mass is 9.75. The van der Waals surface area contributed by atoms with Gasteiger partial charge < -0.3 is 15.7 Å². The number of aromatic nitrogens is 1. The SMILES string of the molecule is C[C@@](NC(=O)c1nc(-c2ccc(Cl)cc2)sc1NC(=O)Nc1c(Cl)cc(Cl)cc1Cl)(C(=O)O)C1CCCCC1. The van der Waals surface area contributed by atoms with E-state index in [4.69, 9.17) is 46.4 Å². The van der Waals surface area contributed by atoms with E-state index in [1.807, 2.05) is 0 Å². The van der Waals surface area contributed by atoms with Gasteiger partial charge in [-0.25, -0.2) is 14.6 Å².